The molecule has 9 aromatic rings. The molecule has 164 valence electrons. The molecule has 9 rings (SSSR count). The third kappa shape index (κ3) is 1.97. The van der Waals surface area contributed by atoms with Gasteiger partial charge in [-0.3, -0.25) is 8.97 Å². The fourth-order valence-corrected chi connectivity index (χ4v) is 7.41. The third-order valence-corrected chi connectivity index (χ3v) is 8.81. The second-order valence-electron chi connectivity index (χ2n) is 9.47. The number of aromatic nitrogens is 3. The molecule has 3 nitrogen and oxygen atoms in total. The smallest absolute Gasteiger partial charge is 0.131 e. The maximum absolute atomic E-state index is 2.55. The Morgan fingerprint density at radius 1 is 0.571 bits per heavy atom. The molecule has 4 aromatic carbocycles. The predicted molar refractivity (Wildman–Crippen MR) is 150 cm³/mol. The molecule has 0 aliphatic carbocycles. The van der Waals surface area contributed by atoms with Crippen molar-refractivity contribution in [1.82, 2.24) is 13.5 Å². The lowest BCUT2D eigenvalue weighted by Crippen LogP contribution is -1.97. The van der Waals surface area contributed by atoms with Crippen LogP contribution in [0.4, 0.5) is 0 Å². The van der Waals surface area contributed by atoms with E-state index in [4.69, 9.17) is 0 Å². The summed E-state index contributed by atoms with van der Waals surface area (Å²) in [6.07, 6.45) is 0. The van der Waals surface area contributed by atoms with E-state index in [0.717, 1.165) is 0 Å². The monoisotopic (exact) mass is 465 g/mol. The Morgan fingerprint density at radius 2 is 1.34 bits per heavy atom. The molecule has 5 heterocycles. The van der Waals surface area contributed by atoms with Crippen molar-refractivity contribution in [2.24, 2.45) is 7.05 Å². The van der Waals surface area contributed by atoms with E-state index in [2.05, 4.69) is 117 Å². The number of benzene rings is 4. The normalized spacial score (nSPS) is 12.7. The predicted octanol–water partition coefficient (Wildman–Crippen LogP) is 8.49. The first kappa shape index (κ1) is 18.1. The lowest BCUT2D eigenvalue weighted by atomic mass is 10.0. The maximum atomic E-state index is 2.55. The van der Waals surface area contributed by atoms with Gasteiger partial charge in [0.05, 0.1) is 26.8 Å². The van der Waals surface area contributed by atoms with Gasteiger partial charge in [-0.25, -0.2) is 0 Å². The largest absolute Gasteiger partial charge is 0.344 e. The van der Waals surface area contributed by atoms with Gasteiger partial charge in [0.15, 0.2) is 0 Å². The standard InChI is InChI=1S/C31H19N3S/c1-32-23-13-7-11-20-26-19-10-5-6-12-22(19)33(18-8-3-2-4-9-18)31(26)34-25-16-17-35-30(25)21-14-15-24(32)28(27(20)23)29(21)34/h2-17H,1H3. The molecule has 0 aliphatic heterocycles. The van der Waals surface area contributed by atoms with Gasteiger partial charge in [0.25, 0.3) is 0 Å². The number of fused-ring (bicyclic) bond motifs is 8. The summed E-state index contributed by atoms with van der Waals surface area (Å²) in [6, 6.07) is 33.4. The number of hydrogen-bond donors (Lipinski definition) is 0. The Kier molecular flexibility index (Phi) is 3.12. The van der Waals surface area contributed by atoms with Crippen LogP contribution in [0.1, 0.15) is 0 Å². The van der Waals surface area contributed by atoms with E-state index in [-0.39, 0.29) is 0 Å². The quantitative estimate of drug-likeness (QED) is 0.231. The molecule has 0 N–H and O–H groups in total. The molecule has 0 saturated heterocycles. The highest BCUT2D eigenvalue weighted by Crippen LogP contribution is 2.47. The zero-order valence-corrected chi connectivity index (χ0v) is 19.8. The SMILES string of the molecule is Cn1c2cccc3c2c2c1ccc1c4sccc4n(c12)c1c3c2ccccc2n1-c1ccccc1. The molecule has 0 saturated carbocycles. The average Bonchev–Trinajstić information content (AvgIpc) is 3.62. The summed E-state index contributed by atoms with van der Waals surface area (Å²) in [4.78, 5) is 0. The molecular weight excluding hydrogens is 446 g/mol. The molecule has 0 aliphatic rings. The van der Waals surface area contributed by atoms with Crippen LogP contribution in [-0.4, -0.2) is 13.5 Å². The first-order valence-corrected chi connectivity index (χ1v) is 12.8. The van der Waals surface area contributed by atoms with Gasteiger partial charge < -0.3 is 4.57 Å². The zero-order valence-electron chi connectivity index (χ0n) is 19.0. The highest BCUT2D eigenvalue weighted by Gasteiger charge is 2.25. The Labute approximate surface area is 204 Å². The fraction of sp³-hybridized carbons (Fsp3) is 0.0323. The number of para-hydroxylation sites is 2. The number of hydrogen-bond acceptors (Lipinski definition) is 1. The summed E-state index contributed by atoms with van der Waals surface area (Å²) < 4.78 is 8.73. The molecule has 0 unspecified atom stereocenters. The van der Waals surface area contributed by atoms with Gasteiger partial charge in [0, 0.05) is 45.2 Å². The van der Waals surface area contributed by atoms with Crippen molar-refractivity contribution in [3.63, 3.8) is 0 Å². The fourth-order valence-electron chi connectivity index (χ4n) is 6.51. The molecule has 0 bridgehead atoms. The topological polar surface area (TPSA) is 14.3 Å². The van der Waals surface area contributed by atoms with Gasteiger partial charge in [-0.1, -0.05) is 48.5 Å². The van der Waals surface area contributed by atoms with E-state index >= 15 is 0 Å². The van der Waals surface area contributed by atoms with Crippen molar-refractivity contribution >= 4 is 81.6 Å². The van der Waals surface area contributed by atoms with Crippen LogP contribution in [0.3, 0.4) is 0 Å². The lowest BCUT2D eigenvalue weighted by Gasteiger charge is -2.09. The van der Waals surface area contributed by atoms with Crippen molar-refractivity contribution in [3.8, 4) is 5.69 Å². The van der Waals surface area contributed by atoms with E-state index in [1.54, 1.807) is 0 Å². The van der Waals surface area contributed by atoms with E-state index in [9.17, 15) is 0 Å². The van der Waals surface area contributed by atoms with Gasteiger partial charge in [-0.2, -0.15) is 0 Å². The molecule has 35 heavy (non-hydrogen) atoms. The summed E-state index contributed by atoms with van der Waals surface area (Å²) >= 11 is 1.84. The number of aryl methyl sites for hydroxylation is 1. The van der Waals surface area contributed by atoms with Gasteiger partial charge >= 0.3 is 0 Å². The van der Waals surface area contributed by atoms with Crippen LogP contribution in [0.2, 0.25) is 0 Å². The maximum Gasteiger partial charge on any atom is 0.131 e. The summed E-state index contributed by atoms with van der Waals surface area (Å²) in [5.74, 6) is 0. The molecular formula is C31H19N3S. The van der Waals surface area contributed by atoms with E-state index < -0.39 is 0 Å². The highest BCUT2D eigenvalue weighted by molar-refractivity contribution is 7.18. The summed E-state index contributed by atoms with van der Waals surface area (Å²) in [5, 5.41) is 10.2. The van der Waals surface area contributed by atoms with Crippen molar-refractivity contribution in [2.45, 2.75) is 0 Å². The first-order chi connectivity index (χ1) is 17.3. The summed E-state index contributed by atoms with van der Waals surface area (Å²) in [5.41, 5.74) is 8.82. The second kappa shape index (κ2) is 6.04. The second-order valence-corrected chi connectivity index (χ2v) is 10.4. The lowest BCUT2D eigenvalue weighted by molar-refractivity contribution is 1.01. The molecule has 5 aromatic heterocycles. The van der Waals surface area contributed by atoms with Gasteiger partial charge in [0.2, 0.25) is 0 Å². The molecule has 0 amide bonds. The number of nitrogens with zero attached hydrogens (tertiary/aromatic N) is 3. The van der Waals surface area contributed by atoms with Crippen molar-refractivity contribution < 1.29 is 0 Å². The van der Waals surface area contributed by atoms with E-state index in [1.807, 2.05) is 11.3 Å². The van der Waals surface area contributed by atoms with Crippen molar-refractivity contribution in [3.05, 3.63) is 96.4 Å². The Morgan fingerprint density at radius 3 is 2.26 bits per heavy atom. The number of rotatable bonds is 1. The Balaban J connectivity index is 1.79. The van der Waals surface area contributed by atoms with Crippen LogP contribution in [0.5, 0.6) is 0 Å². The molecule has 0 atom stereocenters. The third-order valence-electron chi connectivity index (χ3n) is 7.87. The molecule has 0 radical (unpaired) electrons. The van der Waals surface area contributed by atoms with Crippen LogP contribution in [0.25, 0.3) is 75.9 Å². The molecule has 0 fully saturated rings. The van der Waals surface area contributed by atoms with Crippen LogP contribution in [0.15, 0.2) is 96.4 Å². The van der Waals surface area contributed by atoms with Crippen LogP contribution < -0.4 is 0 Å². The van der Waals surface area contributed by atoms with Gasteiger partial charge in [0.1, 0.15) is 5.65 Å². The Hall–Kier alpha value is -4.28. The average molecular weight is 466 g/mol. The zero-order chi connectivity index (χ0) is 22.8. The summed E-state index contributed by atoms with van der Waals surface area (Å²) in [6.45, 7) is 0. The summed E-state index contributed by atoms with van der Waals surface area (Å²) in [7, 11) is 2.20. The van der Waals surface area contributed by atoms with Crippen LogP contribution in [0, 0.1) is 0 Å². The Bertz CT molecular complexity index is 2270. The first-order valence-electron chi connectivity index (χ1n) is 11.9. The van der Waals surface area contributed by atoms with Gasteiger partial charge in [-0.15, -0.1) is 11.3 Å². The molecule has 0 spiro atoms. The number of thiophene rings is 1. The van der Waals surface area contributed by atoms with E-state index in [1.165, 1.54) is 75.9 Å². The molecule has 4 heteroatoms. The minimum atomic E-state index is 1.18. The van der Waals surface area contributed by atoms with Crippen molar-refractivity contribution in [1.29, 1.82) is 0 Å². The minimum Gasteiger partial charge on any atom is -0.344 e. The van der Waals surface area contributed by atoms with Crippen LogP contribution >= 0.6 is 11.3 Å². The van der Waals surface area contributed by atoms with E-state index in [0.29, 0.717) is 0 Å². The van der Waals surface area contributed by atoms with Crippen LogP contribution in [-0.2, 0) is 7.05 Å². The minimum absolute atomic E-state index is 1.18. The van der Waals surface area contributed by atoms with Crippen molar-refractivity contribution in [2.75, 3.05) is 0 Å². The highest BCUT2D eigenvalue weighted by atomic mass is 32.1. The van der Waals surface area contributed by atoms with Gasteiger partial charge in [-0.05, 0) is 53.2 Å².